The quantitative estimate of drug-likeness (QED) is 0.789. The predicted molar refractivity (Wildman–Crippen MR) is 108 cm³/mol. The van der Waals surface area contributed by atoms with E-state index in [1.54, 1.807) is 0 Å². The molecule has 0 unspecified atom stereocenters. The van der Waals surface area contributed by atoms with Gasteiger partial charge < -0.3 is 14.7 Å². The molecule has 1 saturated heterocycles. The molecule has 28 heavy (non-hydrogen) atoms. The van der Waals surface area contributed by atoms with E-state index in [9.17, 15) is 14.7 Å². The Balaban J connectivity index is 1.79. The van der Waals surface area contributed by atoms with E-state index in [1.807, 2.05) is 20.8 Å². The van der Waals surface area contributed by atoms with E-state index in [0.717, 1.165) is 25.7 Å². The molecule has 0 aromatic heterocycles. The predicted octanol–water partition coefficient (Wildman–Crippen LogP) is 3.85. The molecule has 3 rings (SSSR count). The first-order valence-corrected chi connectivity index (χ1v) is 11.3. The molecular formula is C22H38N2O4. The van der Waals surface area contributed by atoms with Gasteiger partial charge in [0.05, 0.1) is 12.6 Å². The molecule has 3 fully saturated rings. The minimum absolute atomic E-state index is 0.0289. The first kappa shape index (κ1) is 21.4. The van der Waals surface area contributed by atoms with Gasteiger partial charge in [0.1, 0.15) is 11.6 Å². The topological polar surface area (TPSA) is 70.1 Å². The molecule has 0 bridgehead atoms. The van der Waals surface area contributed by atoms with E-state index < -0.39 is 23.8 Å². The van der Waals surface area contributed by atoms with Crippen molar-refractivity contribution < 1.29 is 19.4 Å². The first-order chi connectivity index (χ1) is 13.3. The monoisotopic (exact) mass is 394 g/mol. The highest BCUT2D eigenvalue weighted by Crippen LogP contribution is 2.33. The number of aliphatic hydroxyl groups is 1. The summed E-state index contributed by atoms with van der Waals surface area (Å²) in [5.41, 5.74) is -0.620. The number of hydrogen-bond acceptors (Lipinski definition) is 4. The van der Waals surface area contributed by atoms with Crippen molar-refractivity contribution in [3.63, 3.8) is 0 Å². The van der Waals surface area contributed by atoms with Gasteiger partial charge in [0.15, 0.2) is 0 Å². The SMILES string of the molecule is CC(C)(C)OC(=O)N1C[C@H](O)C[C@H]1C(=O)N(C1CCCCC1)C1CCCCC1. The molecule has 2 amide bonds. The van der Waals surface area contributed by atoms with E-state index in [4.69, 9.17) is 4.74 Å². The van der Waals surface area contributed by atoms with Crippen molar-refractivity contribution in [1.82, 2.24) is 9.80 Å². The lowest BCUT2D eigenvalue weighted by atomic mass is 9.88. The molecule has 1 heterocycles. The van der Waals surface area contributed by atoms with E-state index >= 15 is 0 Å². The number of β-amino-alcohol motifs (C(OH)–C–C–N with tert-alkyl or cyclic N) is 1. The van der Waals surface area contributed by atoms with Crippen LogP contribution >= 0.6 is 0 Å². The maximum absolute atomic E-state index is 13.7. The van der Waals surface area contributed by atoms with Gasteiger partial charge >= 0.3 is 6.09 Å². The zero-order valence-electron chi connectivity index (χ0n) is 17.9. The van der Waals surface area contributed by atoms with Crippen molar-refractivity contribution in [3.8, 4) is 0 Å². The summed E-state index contributed by atoms with van der Waals surface area (Å²) < 4.78 is 5.53. The fourth-order valence-electron chi connectivity index (χ4n) is 5.12. The molecule has 3 aliphatic rings. The van der Waals surface area contributed by atoms with Gasteiger partial charge in [0.25, 0.3) is 0 Å². The smallest absolute Gasteiger partial charge is 0.411 e. The minimum Gasteiger partial charge on any atom is -0.444 e. The highest BCUT2D eigenvalue weighted by molar-refractivity contribution is 5.87. The van der Waals surface area contributed by atoms with Crippen LogP contribution in [0.1, 0.15) is 91.4 Å². The summed E-state index contributed by atoms with van der Waals surface area (Å²) in [6.07, 6.45) is 10.6. The lowest BCUT2D eigenvalue weighted by molar-refractivity contribution is -0.143. The molecular weight excluding hydrogens is 356 g/mol. The van der Waals surface area contributed by atoms with E-state index in [1.165, 1.54) is 43.4 Å². The molecule has 0 aromatic carbocycles. The van der Waals surface area contributed by atoms with Crippen LogP contribution in [0.5, 0.6) is 0 Å². The summed E-state index contributed by atoms with van der Waals surface area (Å²) >= 11 is 0. The summed E-state index contributed by atoms with van der Waals surface area (Å²) in [5.74, 6) is 0.0289. The van der Waals surface area contributed by atoms with Crippen LogP contribution in [0.2, 0.25) is 0 Å². The second-order valence-electron chi connectivity index (χ2n) is 9.87. The third-order valence-electron chi connectivity index (χ3n) is 6.38. The van der Waals surface area contributed by atoms with E-state index in [0.29, 0.717) is 6.42 Å². The van der Waals surface area contributed by atoms with Crippen molar-refractivity contribution in [1.29, 1.82) is 0 Å². The number of nitrogens with zero attached hydrogens (tertiary/aromatic N) is 2. The largest absolute Gasteiger partial charge is 0.444 e. The van der Waals surface area contributed by atoms with Gasteiger partial charge in [0, 0.05) is 18.5 Å². The van der Waals surface area contributed by atoms with Gasteiger partial charge in [0.2, 0.25) is 5.91 Å². The third-order valence-corrected chi connectivity index (χ3v) is 6.38. The Morgan fingerprint density at radius 2 is 1.43 bits per heavy atom. The standard InChI is InChI=1S/C22H38N2O4/c1-22(2,3)28-21(27)23-15-18(25)14-19(23)20(26)24(16-10-6-4-7-11-16)17-12-8-5-9-13-17/h16-19,25H,4-15H2,1-3H3/t18-,19+/m1/s1. The summed E-state index contributed by atoms with van der Waals surface area (Å²) in [6, 6.07) is -0.0427. The zero-order chi connectivity index (χ0) is 20.3. The van der Waals surface area contributed by atoms with Crippen LogP contribution in [0.15, 0.2) is 0 Å². The van der Waals surface area contributed by atoms with Gasteiger partial charge in [-0.2, -0.15) is 0 Å². The lowest BCUT2D eigenvalue weighted by Gasteiger charge is -2.43. The minimum atomic E-state index is -0.666. The Labute approximate surface area is 169 Å². The molecule has 2 atom stereocenters. The lowest BCUT2D eigenvalue weighted by Crippen LogP contribution is -2.56. The van der Waals surface area contributed by atoms with E-state index in [-0.39, 0.29) is 24.5 Å². The first-order valence-electron chi connectivity index (χ1n) is 11.3. The fraction of sp³-hybridized carbons (Fsp3) is 0.909. The number of rotatable bonds is 3. The van der Waals surface area contributed by atoms with Crippen LogP contribution in [0, 0.1) is 0 Å². The molecule has 0 radical (unpaired) electrons. The average Bonchev–Trinajstić information content (AvgIpc) is 3.04. The van der Waals surface area contributed by atoms with Crippen molar-refractivity contribution in [2.45, 2.75) is 121 Å². The summed E-state index contributed by atoms with van der Waals surface area (Å²) in [6.45, 7) is 5.65. The molecule has 0 aromatic rings. The van der Waals surface area contributed by atoms with Crippen LogP contribution in [0.4, 0.5) is 4.79 Å². The fourth-order valence-corrected chi connectivity index (χ4v) is 5.12. The van der Waals surface area contributed by atoms with Gasteiger partial charge in [-0.25, -0.2) is 4.79 Å². The van der Waals surface area contributed by atoms with Crippen molar-refractivity contribution >= 4 is 12.0 Å². The average molecular weight is 395 g/mol. The number of amides is 2. The summed E-state index contributed by atoms with van der Waals surface area (Å²) in [5, 5.41) is 10.2. The highest BCUT2D eigenvalue weighted by atomic mass is 16.6. The Morgan fingerprint density at radius 3 is 1.89 bits per heavy atom. The number of likely N-dealkylation sites (tertiary alicyclic amines) is 1. The second kappa shape index (κ2) is 9.02. The number of carbonyl (C=O) groups is 2. The van der Waals surface area contributed by atoms with Gasteiger partial charge in [-0.15, -0.1) is 0 Å². The van der Waals surface area contributed by atoms with Crippen LogP contribution in [0.3, 0.4) is 0 Å². The van der Waals surface area contributed by atoms with E-state index in [2.05, 4.69) is 4.90 Å². The number of carbonyl (C=O) groups excluding carboxylic acids is 2. The molecule has 160 valence electrons. The Hall–Kier alpha value is -1.30. The number of ether oxygens (including phenoxy) is 1. The summed E-state index contributed by atoms with van der Waals surface area (Å²) in [7, 11) is 0. The maximum atomic E-state index is 13.7. The van der Waals surface area contributed by atoms with Crippen LogP contribution < -0.4 is 0 Å². The molecule has 2 aliphatic carbocycles. The Kier molecular flexibility index (Phi) is 6.89. The number of hydrogen-bond donors (Lipinski definition) is 1. The van der Waals surface area contributed by atoms with Crippen molar-refractivity contribution in [3.05, 3.63) is 0 Å². The molecule has 6 nitrogen and oxygen atoms in total. The Bertz CT molecular complexity index is 529. The summed E-state index contributed by atoms with van der Waals surface area (Å²) in [4.78, 5) is 30.1. The third kappa shape index (κ3) is 5.19. The molecule has 1 N–H and O–H groups in total. The van der Waals surface area contributed by atoms with Crippen molar-refractivity contribution in [2.24, 2.45) is 0 Å². The molecule has 1 aliphatic heterocycles. The molecule has 2 saturated carbocycles. The highest BCUT2D eigenvalue weighted by Gasteiger charge is 2.45. The van der Waals surface area contributed by atoms with Crippen molar-refractivity contribution in [2.75, 3.05) is 6.54 Å². The van der Waals surface area contributed by atoms with Crippen LogP contribution in [-0.4, -0.2) is 63.3 Å². The van der Waals surface area contributed by atoms with Crippen LogP contribution in [0.25, 0.3) is 0 Å². The molecule has 0 spiro atoms. The Morgan fingerprint density at radius 1 is 0.929 bits per heavy atom. The number of aliphatic hydroxyl groups excluding tert-OH is 1. The zero-order valence-corrected chi connectivity index (χ0v) is 17.9. The van der Waals surface area contributed by atoms with Crippen LogP contribution in [-0.2, 0) is 9.53 Å². The van der Waals surface area contributed by atoms with Gasteiger partial charge in [-0.05, 0) is 46.5 Å². The maximum Gasteiger partial charge on any atom is 0.411 e. The molecule has 6 heteroatoms. The second-order valence-corrected chi connectivity index (χ2v) is 9.87. The van der Waals surface area contributed by atoms with Gasteiger partial charge in [-0.3, -0.25) is 9.69 Å². The van der Waals surface area contributed by atoms with Gasteiger partial charge in [-0.1, -0.05) is 38.5 Å². The normalized spacial score (nSPS) is 27.6.